The predicted molar refractivity (Wildman–Crippen MR) is 66.6 cm³/mol. The highest BCUT2D eigenvalue weighted by atomic mass is 35.5. The highest BCUT2D eigenvalue weighted by Gasteiger charge is 2.22. The maximum atomic E-state index is 11.9. The van der Waals surface area contributed by atoms with Gasteiger partial charge in [-0.15, -0.1) is 0 Å². The molecule has 1 amide bonds. The van der Waals surface area contributed by atoms with Gasteiger partial charge in [0.1, 0.15) is 5.75 Å². The molecule has 2 N–H and O–H groups in total. The minimum Gasteiger partial charge on any atom is -0.398 e. The van der Waals surface area contributed by atoms with Gasteiger partial charge in [0, 0.05) is 19.1 Å². The molecule has 0 saturated heterocycles. The van der Waals surface area contributed by atoms with Crippen LogP contribution in [0, 0.1) is 0 Å². The number of carbonyl (C=O) groups excluding carboxylic acids is 1. The monoisotopic (exact) mass is 276 g/mol. The van der Waals surface area contributed by atoms with Gasteiger partial charge in [0.25, 0.3) is 0 Å². The molecule has 0 saturated carbocycles. The van der Waals surface area contributed by atoms with Gasteiger partial charge in [-0.05, 0) is 18.2 Å². The Balaban J connectivity index is 3.14. The number of rotatable bonds is 3. The van der Waals surface area contributed by atoms with E-state index in [0.29, 0.717) is 0 Å². The molecule has 0 heterocycles. The van der Waals surface area contributed by atoms with Crippen LogP contribution in [0.1, 0.15) is 0 Å². The first-order valence-corrected chi connectivity index (χ1v) is 6.75. The summed E-state index contributed by atoms with van der Waals surface area (Å²) < 4.78 is 23.9. The molecule has 0 bridgehead atoms. The van der Waals surface area contributed by atoms with Gasteiger partial charge in [0.2, 0.25) is 5.91 Å². The number of benzene rings is 1. The molecule has 0 radical (unpaired) electrons. The molecular weight excluding hydrogens is 264 g/mol. The Bertz CT molecular complexity index is 540. The quantitative estimate of drug-likeness (QED) is 0.828. The number of hydrogen-bond donors (Lipinski definition) is 1. The van der Waals surface area contributed by atoms with E-state index in [1.54, 1.807) is 0 Å². The lowest BCUT2D eigenvalue weighted by Crippen LogP contribution is -2.29. The minimum absolute atomic E-state index is 0.0842. The molecule has 0 aliphatic heterocycles. The zero-order valence-electron chi connectivity index (χ0n) is 9.47. The van der Waals surface area contributed by atoms with Crippen LogP contribution in [0.2, 0.25) is 5.02 Å². The van der Waals surface area contributed by atoms with Crippen LogP contribution in [0.3, 0.4) is 0 Å². The number of nitrogen functional groups attached to an aromatic ring is 1. The van der Waals surface area contributed by atoms with Crippen molar-refractivity contribution in [1.82, 2.24) is 4.90 Å². The zero-order chi connectivity index (χ0) is 13.2. The fourth-order valence-corrected chi connectivity index (χ4v) is 2.86. The van der Waals surface area contributed by atoms with Crippen molar-refractivity contribution in [3.05, 3.63) is 23.2 Å². The second kappa shape index (κ2) is 4.93. The Morgan fingerprint density at radius 2 is 2.00 bits per heavy atom. The molecule has 1 aromatic carbocycles. The standard InChI is InChI=1S/C10H13ClN2O3S/c1-13(2)10(14)6-17(15,16)9-5-7(11)3-4-8(9)12/h3-5H,6,12H2,1-2H3. The molecule has 0 spiro atoms. The van der Waals surface area contributed by atoms with Crippen molar-refractivity contribution in [1.29, 1.82) is 0 Å². The summed E-state index contributed by atoms with van der Waals surface area (Å²) in [5.74, 6) is -1.13. The van der Waals surface area contributed by atoms with E-state index in [2.05, 4.69) is 0 Å². The van der Waals surface area contributed by atoms with Crippen LogP contribution in [-0.4, -0.2) is 39.1 Å². The van der Waals surface area contributed by atoms with E-state index < -0.39 is 21.5 Å². The summed E-state index contributed by atoms with van der Waals surface area (Å²) >= 11 is 5.71. The van der Waals surface area contributed by atoms with E-state index in [1.807, 2.05) is 0 Å². The second-order valence-electron chi connectivity index (χ2n) is 3.73. The van der Waals surface area contributed by atoms with Crippen molar-refractivity contribution < 1.29 is 13.2 Å². The van der Waals surface area contributed by atoms with Gasteiger partial charge in [-0.25, -0.2) is 8.42 Å². The van der Waals surface area contributed by atoms with Crippen molar-refractivity contribution in [2.45, 2.75) is 4.90 Å². The maximum Gasteiger partial charge on any atom is 0.237 e. The average Bonchev–Trinajstić information content (AvgIpc) is 2.20. The predicted octanol–water partition coefficient (Wildman–Crippen LogP) is 0.784. The molecule has 5 nitrogen and oxygen atoms in total. The molecule has 0 aliphatic rings. The average molecular weight is 277 g/mol. The van der Waals surface area contributed by atoms with E-state index in [0.717, 1.165) is 0 Å². The molecule has 94 valence electrons. The van der Waals surface area contributed by atoms with Crippen LogP contribution in [0.15, 0.2) is 23.1 Å². The first-order valence-electron chi connectivity index (χ1n) is 4.72. The van der Waals surface area contributed by atoms with E-state index in [4.69, 9.17) is 17.3 Å². The largest absolute Gasteiger partial charge is 0.398 e. The molecule has 0 atom stereocenters. The van der Waals surface area contributed by atoms with Crippen LogP contribution >= 0.6 is 11.6 Å². The van der Waals surface area contributed by atoms with Crippen molar-refractivity contribution in [2.75, 3.05) is 25.6 Å². The lowest BCUT2D eigenvalue weighted by Gasteiger charge is -2.11. The van der Waals surface area contributed by atoms with Crippen LogP contribution < -0.4 is 5.73 Å². The first-order chi connectivity index (χ1) is 7.74. The Morgan fingerprint density at radius 1 is 1.41 bits per heavy atom. The summed E-state index contributed by atoms with van der Waals surface area (Å²) in [5, 5.41) is 0.259. The SMILES string of the molecule is CN(C)C(=O)CS(=O)(=O)c1cc(Cl)ccc1N. The highest BCUT2D eigenvalue weighted by Crippen LogP contribution is 2.23. The van der Waals surface area contributed by atoms with Gasteiger partial charge in [0.15, 0.2) is 9.84 Å². The zero-order valence-corrected chi connectivity index (χ0v) is 11.0. The van der Waals surface area contributed by atoms with E-state index >= 15 is 0 Å². The Hall–Kier alpha value is -1.27. The number of sulfone groups is 1. The van der Waals surface area contributed by atoms with Gasteiger partial charge in [-0.1, -0.05) is 11.6 Å². The van der Waals surface area contributed by atoms with Gasteiger partial charge >= 0.3 is 0 Å². The molecular formula is C10H13ClN2O3S. The maximum absolute atomic E-state index is 11.9. The molecule has 0 unspecified atom stereocenters. The van der Waals surface area contributed by atoms with Crippen molar-refractivity contribution in [2.24, 2.45) is 0 Å². The summed E-state index contributed by atoms with van der Waals surface area (Å²) in [4.78, 5) is 12.5. The number of nitrogens with two attached hydrogens (primary N) is 1. The van der Waals surface area contributed by atoms with E-state index in [-0.39, 0.29) is 15.6 Å². The number of anilines is 1. The van der Waals surface area contributed by atoms with Crippen LogP contribution in [-0.2, 0) is 14.6 Å². The van der Waals surface area contributed by atoms with Gasteiger partial charge in [-0.3, -0.25) is 4.79 Å². The molecule has 0 aromatic heterocycles. The van der Waals surface area contributed by atoms with Crippen LogP contribution in [0.25, 0.3) is 0 Å². The fraction of sp³-hybridized carbons (Fsp3) is 0.300. The number of amides is 1. The smallest absolute Gasteiger partial charge is 0.237 e. The topological polar surface area (TPSA) is 80.5 Å². The lowest BCUT2D eigenvalue weighted by atomic mass is 10.3. The summed E-state index contributed by atoms with van der Waals surface area (Å²) in [6.07, 6.45) is 0. The number of nitrogens with zero attached hydrogens (tertiary/aromatic N) is 1. The lowest BCUT2D eigenvalue weighted by molar-refractivity contribution is -0.125. The Labute approximate surface area is 105 Å². The molecule has 0 aliphatic carbocycles. The summed E-state index contributed by atoms with van der Waals surface area (Å²) in [6, 6.07) is 4.13. The Kier molecular flexibility index (Phi) is 4.00. The number of halogens is 1. The van der Waals surface area contributed by atoms with Crippen molar-refractivity contribution >= 4 is 33.0 Å². The van der Waals surface area contributed by atoms with Gasteiger partial charge in [0.05, 0.1) is 10.6 Å². The van der Waals surface area contributed by atoms with Gasteiger partial charge < -0.3 is 10.6 Å². The summed E-state index contributed by atoms with van der Waals surface area (Å²) in [5.41, 5.74) is 5.65. The first kappa shape index (κ1) is 13.8. The third kappa shape index (κ3) is 3.34. The van der Waals surface area contributed by atoms with Gasteiger partial charge in [-0.2, -0.15) is 0 Å². The molecule has 17 heavy (non-hydrogen) atoms. The molecule has 0 fully saturated rings. The van der Waals surface area contributed by atoms with Crippen molar-refractivity contribution in [3.63, 3.8) is 0 Å². The number of carbonyl (C=O) groups is 1. The summed E-state index contributed by atoms with van der Waals surface area (Å²) in [6.45, 7) is 0. The third-order valence-electron chi connectivity index (χ3n) is 2.12. The van der Waals surface area contributed by atoms with Crippen LogP contribution in [0.4, 0.5) is 5.69 Å². The van der Waals surface area contributed by atoms with E-state index in [1.165, 1.54) is 37.2 Å². The molecule has 1 aromatic rings. The highest BCUT2D eigenvalue weighted by molar-refractivity contribution is 7.92. The summed E-state index contributed by atoms with van der Waals surface area (Å²) in [7, 11) is -0.788. The van der Waals surface area contributed by atoms with E-state index in [9.17, 15) is 13.2 Å². The molecule has 7 heteroatoms. The van der Waals surface area contributed by atoms with Crippen molar-refractivity contribution in [3.8, 4) is 0 Å². The fourth-order valence-electron chi connectivity index (χ4n) is 1.15. The minimum atomic E-state index is -3.76. The second-order valence-corrected chi connectivity index (χ2v) is 6.12. The molecule has 1 rings (SSSR count). The Morgan fingerprint density at radius 3 is 2.53 bits per heavy atom. The third-order valence-corrected chi connectivity index (χ3v) is 4.01. The number of hydrogen-bond acceptors (Lipinski definition) is 4. The normalized spacial score (nSPS) is 11.2. The van der Waals surface area contributed by atoms with Crippen LogP contribution in [0.5, 0.6) is 0 Å².